The van der Waals surface area contributed by atoms with E-state index in [0.29, 0.717) is 17.4 Å². The van der Waals surface area contributed by atoms with Crippen molar-refractivity contribution in [3.05, 3.63) is 85.1 Å². The lowest BCUT2D eigenvalue weighted by molar-refractivity contribution is -0.870. The summed E-state index contributed by atoms with van der Waals surface area (Å²) in [5.41, 5.74) is 0. The van der Waals surface area contributed by atoms with E-state index in [1.807, 2.05) is 21.1 Å². The highest BCUT2D eigenvalue weighted by molar-refractivity contribution is 7.45. The van der Waals surface area contributed by atoms with Gasteiger partial charge in [0.2, 0.25) is 0 Å². The highest BCUT2D eigenvalue weighted by atomic mass is 31.2. The standard InChI is InChI=1S/C88H162NO8P/c1-6-8-10-12-14-16-18-20-22-24-26-28-30-32-34-36-38-40-41-42-43-44-45-46-47-49-51-53-55-57-59-61-63-65-67-69-71-73-75-77-79-81-88(91)97-86(85-96-98(92,93)95-83-82-89(3,4)5)84-94-87(90)80-78-76-74-72-70-68-66-64-62-60-58-56-54-52-50-48-39-37-35-33-31-29-27-25-23-21-19-17-15-13-11-9-7-2/h8,10,14,16,19-22,25-28,32,34,86H,6-7,9,11-13,15,17-18,23-24,29-31,33,35-85H2,1-5H3/b10-8-,16-14-,21-19-,22-20-,27-25-,28-26-,34-32-. The Morgan fingerprint density at radius 1 is 0.327 bits per heavy atom. The number of quaternary nitrogens is 1. The van der Waals surface area contributed by atoms with Crippen molar-refractivity contribution >= 4 is 19.8 Å². The van der Waals surface area contributed by atoms with Gasteiger partial charge in [0, 0.05) is 12.8 Å². The molecular formula is C88H162NO8P. The maximum atomic E-state index is 12.9. The van der Waals surface area contributed by atoms with Crippen molar-refractivity contribution < 1.29 is 42.1 Å². The van der Waals surface area contributed by atoms with Gasteiger partial charge in [-0.25, -0.2) is 0 Å². The van der Waals surface area contributed by atoms with Gasteiger partial charge in [0.15, 0.2) is 6.10 Å². The molecule has 0 saturated carbocycles. The third-order valence-electron chi connectivity index (χ3n) is 18.9. The molecule has 9 nitrogen and oxygen atoms in total. The van der Waals surface area contributed by atoms with Crippen LogP contribution in [0.15, 0.2) is 85.1 Å². The van der Waals surface area contributed by atoms with Gasteiger partial charge in [0.25, 0.3) is 7.82 Å². The molecule has 0 aliphatic carbocycles. The van der Waals surface area contributed by atoms with Crippen molar-refractivity contribution in [2.75, 3.05) is 47.5 Å². The molecule has 0 amide bonds. The summed E-state index contributed by atoms with van der Waals surface area (Å²) in [4.78, 5) is 38.2. The maximum Gasteiger partial charge on any atom is 0.306 e. The van der Waals surface area contributed by atoms with Gasteiger partial charge in [0.05, 0.1) is 27.7 Å². The number of likely N-dealkylation sites (N-methyl/N-ethyl adjacent to an activating group) is 1. The molecule has 0 saturated heterocycles. The number of nitrogens with zero attached hydrogens (tertiary/aromatic N) is 1. The van der Waals surface area contributed by atoms with E-state index >= 15 is 0 Å². The largest absolute Gasteiger partial charge is 0.756 e. The summed E-state index contributed by atoms with van der Waals surface area (Å²) in [7, 11) is 1.19. The molecule has 0 fully saturated rings. The van der Waals surface area contributed by atoms with Crippen molar-refractivity contribution in [3.8, 4) is 0 Å². The van der Waals surface area contributed by atoms with Gasteiger partial charge in [-0.3, -0.25) is 14.2 Å². The molecule has 0 aromatic rings. The Hall–Kier alpha value is -2.81. The molecule has 0 radical (unpaired) electrons. The van der Waals surface area contributed by atoms with E-state index in [1.165, 1.54) is 308 Å². The van der Waals surface area contributed by atoms with Crippen molar-refractivity contribution in [2.45, 2.75) is 418 Å². The van der Waals surface area contributed by atoms with Crippen molar-refractivity contribution in [2.24, 2.45) is 0 Å². The minimum Gasteiger partial charge on any atom is -0.756 e. The summed E-state index contributed by atoms with van der Waals surface area (Å²) in [6.45, 7) is 4.18. The lowest BCUT2D eigenvalue weighted by atomic mass is 10.0. The number of unbranched alkanes of at least 4 members (excludes halogenated alkanes) is 51. The molecule has 0 N–H and O–H groups in total. The minimum atomic E-state index is -4.65. The van der Waals surface area contributed by atoms with Gasteiger partial charge in [-0.2, -0.15) is 0 Å². The molecule has 0 spiro atoms. The van der Waals surface area contributed by atoms with E-state index in [2.05, 4.69) is 98.9 Å². The Morgan fingerprint density at radius 3 is 0.867 bits per heavy atom. The number of allylic oxidation sites excluding steroid dienone is 14. The van der Waals surface area contributed by atoms with Crippen LogP contribution in [0, 0.1) is 0 Å². The smallest absolute Gasteiger partial charge is 0.306 e. The fourth-order valence-corrected chi connectivity index (χ4v) is 13.2. The summed E-state index contributed by atoms with van der Waals surface area (Å²) < 4.78 is 34.5. The molecule has 0 heterocycles. The molecule has 0 rings (SSSR count). The summed E-state index contributed by atoms with van der Waals surface area (Å²) in [5, 5.41) is 0. The van der Waals surface area contributed by atoms with Crippen LogP contribution in [0.5, 0.6) is 0 Å². The van der Waals surface area contributed by atoms with Gasteiger partial charge in [-0.1, -0.05) is 394 Å². The first-order valence-electron chi connectivity index (χ1n) is 42.3. The van der Waals surface area contributed by atoms with Crippen LogP contribution in [-0.2, 0) is 32.7 Å². The van der Waals surface area contributed by atoms with Gasteiger partial charge in [-0.15, -0.1) is 0 Å². The lowest BCUT2D eigenvalue weighted by Gasteiger charge is -2.28. The Bertz CT molecular complexity index is 1930. The molecule has 2 atom stereocenters. The van der Waals surface area contributed by atoms with Crippen LogP contribution < -0.4 is 4.89 Å². The zero-order chi connectivity index (χ0) is 71.1. The van der Waals surface area contributed by atoms with E-state index in [1.54, 1.807) is 0 Å². The topological polar surface area (TPSA) is 111 Å². The number of hydrogen-bond donors (Lipinski definition) is 0. The maximum absolute atomic E-state index is 12.9. The second-order valence-corrected chi connectivity index (χ2v) is 31.2. The van der Waals surface area contributed by atoms with Crippen LogP contribution in [0.25, 0.3) is 0 Å². The van der Waals surface area contributed by atoms with Crippen LogP contribution in [0.3, 0.4) is 0 Å². The van der Waals surface area contributed by atoms with Gasteiger partial charge in [-0.05, 0) is 89.9 Å². The number of hydrogen-bond acceptors (Lipinski definition) is 8. The Balaban J connectivity index is 3.88. The number of phosphoric acid groups is 1. The van der Waals surface area contributed by atoms with Crippen LogP contribution in [0.2, 0.25) is 0 Å². The predicted molar refractivity (Wildman–Crippen MR) is 425 cm³/mol. The van der Waals surface area contributed by atoms with Crippen molar-refractivity contribution in [1.82, 2.24) is 0 Å². The molecular weight excluding hydrogens is 1230 g/mol. The van der Waals surface area contributed by atoms with Crippen LogP contribution >= 0.6 is 7.82 Å². The molecule has 0 aliphatic rings. The van der Waals surface area contributed by atoms with Gasteiger partial charge in [0.1, 0.15) is 19.8 Å². The second-order valence-electron chi connectivity index (χ2n) is 29.8. The second kappa shape index (κ2) is 78.3. The summed E-state index contributed by atoms with van der Waals surface area (Å²) in [6, 6.07) is 0. The monoisotopic (exact) mass is 1390 g/mol. The van der Waals surface area contributed by atoms with Crippen molar-refractivity contribution in [1.29, 1.82) is 0 Å². The van der Waals surface area contributed by atoms with E-state index in [4.69, 9.17) is 18.5 Å². The summed E-state index contributed by atoms with van der Waals surface area (Å²) >= 11 is 0. The highest BCUT2D eigenvalue weighted by Gasteiger charge is 2.22. The lowest BCUT2D eigenvalue weighted by Crippen LogP contribution is -2.37. The zero-order valence-corrected chi connectivity index (χ0v) is 66.4. The summed E-state index contributed by atoms with van der Waals surface area (Å²) in [5.74, 6) is -0.810. The number of carbonyl (C=O) groups excluding carboxylic acids is 2. The fourth-order valence-electron chi connectivity index (χ4n) is 12.5. The molecule has 0 bridgehead atoms. The first-order valence-corrected chi connectivity index (χ1v) is 43.8. The Morgan fingerprint density at radius 2 is 0.582 bits per heavy atom. The van der Waals surface area contributed by atoms with E-state index in [0.717, 1.165) is 70.6 Å². The molecule has 0 aliphatic heterocycles. The normalized spacial score (nSPS) is 13.4. The highest BCUT2D eigenvalue weighted by Crippen LogP contribution is 2.38. The van der Waals surface area contributed by atoms with E-state index in [-0.39, 0.29) is 32.0 Å². The van der Waals surface area contributed by atoms with E-state index in [9.17, 15) is 19.0 Å². The number of phosphoric ester groups is 1. The molecule has 10 heteroatoms. The van der Waals surface area contributed by atoms with Gasteiger partial charge < -0.3 is 27.9 Å². The molecule has 572 valence electrons. The van der Waals surface area contributed by atoms with E-state index < -0.39 is 26.5 Å². The fraction of sp³-hybridized carbons (Fsp3) is 0.818. The van der Waals surface area contributed by atoms with Crippen LogP contribution in [0.4, 0.5) is 0 Å². The Labute approximate surface area is 609 Å². The molecule has 0 aromatic carbocycles. The number of carbonyl (C=O) groups is 2. The van der Waals surface area contributed by atoms with Crippen LogP contribution in [-0.4, -0.2) is 70.0 Å². The number of ether oxygens (including phenoxy) is 2. The average molecular weight is 1390 g/mol. The number of esters is 2. The SMILES string of the molecule is CC/C=C\C/C=C\C/C=C\C/C=C\C/C=C\CCCCCCCCCCCCCCCCCCCCCCCCCCCC(=O)OC(COC(=O)CCCCCCCCCCCCCCCCCCCCCCC/C=C\C/C=C\CCCCCCC)COP(=O)([O-])OCC[N+](C)(C)C. The third kappa shape index (κ3) is 82.1. The summed E-state index contributed by atoms with van der Waals surface area (Å²) in [6.07, 6.45) is 109. The number of rotatable bonds is 79. The Kier molecular flexibility index (Phi) is 76.1. The third-order valence-corrected chi connectivity index (χ3v) is 19.9. The predicted octanol–water partition coefficient (Wildman–Crippen LogP) is 27.8. The van der Waals surface area contributed by atoms with Gasteiger partial charge >= 0.3 is 11.9 Å². The minimum absolute atomic E-state index is 0.0290. The first-order chi connectivity index (χ1) is 48.0. The zero-order valence-electron chi connectivity index (χ0n) is 65.5. The van der Waals surface area contributed by atoms with Crippen molar-refractivity contribution in [3.63, 3.8) is 0 Å². The average Bonchev–Trinajstić information content (AvgIpc) is 1.08. The van der Waals surface area contributed by atoms with Crippen LogP contribution in [0.1, 0.15) is 412 Å². The molecule has 2 unspecified atom stereocenters. The molecule has 0 aromatic heterocycles. The first kappa shape index (κ1) is 95.2. The molecule has 98 heavy (non-hydrogen) atoms. The quantitative estimate of drug-likeness (QED) is 0.0195.